The summed E-state index contributed by atoms with van der Waals surface area (Å²) >= 11 is 0. The van der Waals surface area contributed by atoms with Gasteiger partial charge in [0, 0.05) is 30.5 Å². The maximum absolute atomic E-state index is 12.7. The van der Waals surface area contributed by atoms with Crippen LogP contribution in [0.1, 0.15) is 19.4 Å². The predicted molar refractivity (Wildman–Crippen MR) is 95.2 cm³/mol. The van der Waals surface area contributed by atoms with Crippen LogP contribution in [-0.4, -0.2) is 19.7 Å². The Hall–Kier alpha value is -2.37. The summed E-state index contributed by atoms with van der Waals surface area (Å²) in [5.41, 5.74) is 0.707. The molecule has 136 valence electrons. The molecule has 0 heterocycles. The highest BCUT2D eigenvalue weighted by molar-refractivity contribution is 5.49. The van der Waals surface area contributed by atoms with Gasteiger partial charge < -0.3 is 15.4 Å². The molecule has 0 bridgehead atoms. The number of hydrogen-bond acceptors (Lipinski definition) is 3. The first kappa shape index (κ1) is 19.0. The number of alkyl halides is 3. The van der Waals surface area contributed by atoms with Crippen molar-refractivity contribution >= 4 is 11.4 Å². The number of ether oxygens (including phenoxy) is 1. The van der Waals surface area contributed by atoms with E-state index in [1.807, 2.05) is 24.3 Å². The van der Waals surface area contributed by atoms with Crippen molar-refractivity contribution in [1.29, 1.82) is 0 Å². The van der Waals surface area contributed by atoms with Crippen LogP contribution in [0.2, 0.25) is 0 Å². The predicted octanol–water partition coefficient (Wildman–Crippen LogP) is 5.26. The van der Waals surface area contributed by atoms with Crippen molar-refractivity contribution < 1.29 is 17.9 Å². The van der Waals surface area contributed by atoms with E-state index in [1.54, 1.807) is 6.07 Å². The Morgan fingerprint density at radius 1 is 0.920 bits per heavy atom. The van der Waals surface area contributed by atoms with E-state index >= 15 is 0 Å². The van der Waals surface area contributed by atoms with Gasteiger partial charge in [0.15, 0.2) is 0 Å². The molecule has 0 radical (unpaired) electrons. The molecular formula is C19H23F3N2O. The van der Waals surface area contributed by atoms with Crippen molar-refractivity contribution in [3.63, 3.8) is 0 Å². The first-order valence-corrected chi connectivity index (χ1v) is 8.22. The highest BCUT2D eigenvalue weighted by Crippen LogP contribution is 2.30. The molecular weight excluding hydrogens is 329 g/mol. The Bertz CT molecular complexity index is 672. The molecule has 2 N–H and O–H groups in total. The maximum atomic E-state index is 12.7. The van der Waals surface area contributed by atoms with Crippen molar-refractivity contribution in [1.82, 2.24) is 0 Å². The second kappa shape index (κ2) is 8.65. The van der Waals surface area contributed by atoms with Crippen LogP contribution in [0.4, 0.5) is 24.5 Å². The maximum Gasteiger partial charge on any atom is 0.416 e. The molecule has 0 fully saturated rings. The number of benzene rings is 2. The van der Waals surface area contributed by atoms with Crippen molar-refractivity contribution in [2.24, 2.45) is 5.92 Å². The monoisotopic (exact) mass is 352 g/mol. The molecule has 6 heteroatoms. The average molecular weight is 352 g/mol. The van der Waals surface area contributed by atoms with Crippen LogP contribution < -0.4 is 15.4 Å². The third kappa shape index (κ3) is 6.57. The zero-order chi connectivity index (χ0) is 18.3. The third-order valence-electron chi connectivity index (χ3n) is 3.39. The van der Waals surface area contributed by atoms with Crippen LogP contribution in [0.3, 0.4) is 0 Å². The Labute approximate surface area is 146 Å². The quantitative estimate of drug-likeness (QED) is 0.636. The lowest BCUT2D eigenvalue weighted by Gasteiger charge is -2.13. The largest absolute Gasteiger partial charge is 0.493 e. The summed E-state index contributed by atoms with van der Waals surface area (Å²) in [5.74, 6) is 1.25. The second-order valence-corrected chi connectivity index (χ2v) is 6.16. The number of nitrogens with one attached hydrogen (secondary N) is 2. The zero-order valence-electron chi connectivity index (χ0n) is 14.4. The summed E-state index contributed by atoms with van der Waals surface area (Å²) in [6.45, 7) is 5.89. The van der Waals surface area contributed by atoms with E-state index in [2.05, 4.69) is 24.5 Å². The minimum Gasteiger partial charge on any atom is -0.493 e. The van der Waals surface area contributed by atoms with E-state index in [-0.39, 0.29) is 0 Å². The van der Waals surface area contributed by atoms with Crippen LogP contribution in [0.5, 0.6) is 5.75 Å². The lowest BCUT2D eigenvalue weighted by atomic mass is 10.2. The molecule has 0 unspecified atom stereocenters. The zero-order valence-corrected chi connectivity index (χ0v) is 14.4. The third-order valence-corrected chi connectivity index (χ3v) is 3.39. The Kier molecular flexibility index (Phi) is 6.56. The van der Waals surface area contributed by atoms with Gasteiger partial charge in [-0.3, -0.25) is 0 Å². The molecule has 0 aliphatic heterocycles. The molecule has 0 spiro atoms. The van der Waals surface area contributed by atoms with Crippen LogP contribution in [0.15, 0.2) is 48.5 Å². The molecule has 3 nitrogen and oxygen atoms in total. The van der Waals surface area contributed by atoms with Gasteiger partial charge in [0.2, 0.25) is 0 Å². The molecule has 2 aromatic carbocycles. The molecule has 0 amide bonds. The van der Waals surface area contributed by atoms with Gasteiger partial charge in [0.05, 0.1) is 12.2 Å². The van der Waals surface area contributed by atoms with E-state index in [0.29, 0.717) is 31.3 Å². The SMILES string of the molecule is CC(C)COc1cccc(NCCNc2cccc(C(F)(F)F)c2)c1. The molecule has 25 heavy (non-hydrogen) atoms. The fourth-order valence-corrected chi connectivity index (χ4v) is 2.18. The minimum absolute atomic E-state index is 0.450. The number of rotatable bonds is 8. The smallest absolute Gasteiger partial charge is 0.416 e. The minimum atomic E-state index is -4.33. The van der Waals surface area contributed by atoms with E-state index in [1.165, 1.54) is 6.07 Å². The van der Waals surface area contributed by atoms with Gasteiger partial charge in [-0.25, -0.2) is 0 Å². The van der Waals surface area contributed by atoms with E-state index < -0.39 is 11.7 Å². The lowest BCUT2D eigenvalue weighted by Crippen LogP contribution is -2.14. The van der Waals surface area contributed by atoms with Crippen molar-refractivity contribution in [2.45, 2.75) is 20.0 Å². The first-order chi connectivity index (χ1) is 11.8. The Balaban J connectivity index is 1.80. The highest BCUT2D eigenvalue weighted by Gasteiger charge is 2.30. The molecule has 2 aromatic rings. The van der Waals surface area contributed by atoms with Crippen LogP contribution in [-0.2, 0) is 6.18 Å². The van der Waals surface area contributed by atoms with Crippen LogP contribution in [0, 0.1) is 5.92 Å². The van der Waals surface area contributed by atoms with Crippen LogP contribution in [0.25, 0.3) is 0 Å². The summed E-state index contributed by atoms with van der Waals surface area (Å²) in [6, 6.07) is 12.8. The van der Waals surface area contributed by atoms with Gasteiger partial charge in [0.1, 0.15) is 5.75 Å². The topological polar surface area (TPSA) is 33.3 Å². The number of anilines is 2. The van der Waals surface area contributed by atoms with Gasteiger partial charge in [0.25, 0.3) is 0 Å². The summed E-state index contributed by atoms with van der Waals surface area (Å²) in [7, 11) is 0. The molecule has 0 saturated heterocycles. The number of hydrogen-bond donors (Lipinski definition) is 2. The summed E-state index contributed by atoms with van der Waals surface area (Å²) in [5, 5.41) is 6.21. The van der Waals surface area contributed by atoms with Gasteiger partial charge >= 0.3 is 6.18 Å². The van der Waals surface area contributed by atoms with E-state index in [4.69, 9.17) is 4.74 Å². The van der Waals surface area contributed by atoms with Gasteiger partial charge in [-0.1, -0.05) is 26.0 Å². The fraction of sp³-hybridized carbons (Fsp3) is 0.368. The first-order valence-electron chi connectivity index (χ1n) is 8.22. The average Bonchev–Trinajstić information content (AvgIpc) is 2.57. The summed E-state index contributed by atoms with van der Waals surface area (Å²) in [4.78, 5) is 0. The van der Waals surface area contributed by atoms with Crippen molar-refractivity contribution in [3.8, 4) is 5.75 Å². The van der Waals surface area contributed by atoms with Crippen molar-refractivity contribution in [2.75, 3.05) is 30.3 Å². The van der Waals surface area contributed by atoms with Crippen molar-refractivity contribution in [3.05, 3.63) is 54.1 Å². The van der Waals surface area contributed by atoms with Crippen LogP contribution >= 0.6 is 0 Å². The Morgan fingerprint density at radius 3 is 2.12 bits per heavy atom. The molecule has 2 rings (SSSR count). The van der Waals surface area contributed by atoms with E-state index in [9.17, 15) is 13.2 Å². The lowest BCUT2D eigenvalue weighted by molar-refractivity contribution is -0.137. The fourth-order valence-electron chi connectivity index (χ4n) is 2.18. The van der Waals surface area contributed by atoms with Gasteiger partial charge in [-0.05, 0) is 36.2 Å². The molecule has 0 aliphatic carbocycles. The summed E-state index contributed by atoms with van der Waals surface area (Å²) in [6.07, 6.45) is -4.33. The Morgan fingerprint density at radius 2 is 1.52 bits per heavy atom. The summed E-state index contributed by atoms with van der Waals surface area (Å²) < 4.78 is 43.7. The van der Waals surface area contributed by atoms with E-state index in [0.717, 1.165) is 23.6 Å². The molecule has 0 aliphatic rings. The van der Waals surface area contributed by atoms with Gasteiger partial charge in [-0.15, -0.1) is 0 Å². The standard InChI is InChI=1S/C19H23F3N2O/c1-14(2)13-25-18-8-4-7-17(12-18)24-10-9-23-16-6-3-5-15(11-16)19(20,21)22/h3-8,11-12,14,23-24H,9-10,13H2,1-2H3. The normalized spacial score (nSPS) is 11.4. The molecule has 0 aromatic heterocycles. The highest BCUT2D eigenvalue weighted by atomic mass is 19.4. The van der Waals surface area contributed by atoms with Gasteiger partial charge in [-0.2, -0.15) is 13.2 Å². The second-order valence-electron chi connectivity index (χ2n) is 6.16. The molecule has 0 saturated carbocycles. The number of halogens is 3. The molecule has 0 atom stereocenters.